The fraction of sp³-hybridized carbons (Fsp3) is 0.0556. The molecule has 0 unspecified atom stereocenters. The second-order valence-corrected chi connectivity index (χ2v) is 6.91. The van der Waals surface area contributed by atoms with Crippen LogP contribution in [0.1, 0.15) is 10.6 Å². The van der Waals surface area contributed by atoms with Gasteiger partial charge in [0, 0.05) is 16.0 Å². The highest BCUT2D eigenvalue weighted by atomic mass is 35.5. The van der Waals surface area contributed by atoms with E-state index in [1.165, 1.54) is 11.3 Å². The SMILES string of the molecule is Cc1ccc(NN=C(C#N)c2nc(-c3ccc(Cl)cc3Cl)cs2)cc1. The number of aryl methyl sites for hydroxylation is 1. The highest BCUT2D eigenvalue weighted by Crippen LogP contribution is 2.31. The van der Waals surface area contributed by atoms with Crippen LogP contribution >= 0.6 is 34.5 Å². The zero-order valence-corrected chi connectivity index (χ0v) is 15.5. The number of thiazole rings is 1. The Morgan fingerprint density at radius 2 is 1.96 bits per heavy atom. The van der Waals surface area contributed by atoms with Crippen LogP contribution in [0.15, 0.2) is 52.9 Å². The molecule has 1 heterocycles. The Balaban J connectivity index is 1.85. The first-order valence-corrected chi connectivity index (χ1v) is 8.92. The molecule has 0 saturated heterocycles. The lowest BCUT2D eigenvalue weighted by Gasteiger charge is -2.01. The summed E-state index contributed by atoms with van der Waals surface area (Å²) >= 11 is 13.5. The van der Waals surface area contributed by atoms with Crippen LogP contribution in [0.3, 0.4) is 0 Å². The summed E-state index contributed by atoms with van der Waals surface area (Å²) in [6.07, 6.45) is 0. The van der Waals surface area contributed by atoms with E-state index in [1.54, 1.807) is 18.2 Å². The molecule has 1 aromatic heterocycles. The fourth-order valence-electron chi connectivity index (χ4n) is 2.07. The van der Waals surface area contributed by atoms with Gasteiger partial charge in [0.1, 0.15) is 6.07 Å². The van der Waals surface area contributed by atoms with Gasteiger partial charge in [0.25, 0.3) is 0 Å². The molecule has 0 aliphatic carbocycles. The number of benzene rings is 2. The van der Waals surface area contributed by atoms with Crippen LogP contribution in [-0.4, -0.2) is 10.7 Å². The lowest BCUT2D eigenvalue weighted by Crippen LogP contribution is -2.01. The van der Waals surface area contributed by atoms with E-state index in [0.717, 1.165) is 16.8 Å². The van der Waals surface area contributed by atoms with Crippen LogP contribution in [0.5, 0.6) is 0 Å². The third-order valence-electron chi connectivity index (χ3n) is 3.37. The van der Waals surface area contributed by atoms with Crippen LogP contribution in [0.4, 0.5) is 5.69 Å². The van der Waals surface area contributed by atoms with Gasteiger partial charge in [0.15, 0.2) is 10.7 Å². The molecule has 2 aromatic carbocycles. The Kier molecular flexibility index (Phi) is 5.34. The summed E-state index contributed by atoms with van der Waals surface area (Å²) in [7, 11) is 0. The molecule has 4 nitrogen and oxygen atoms in total. The van der Waals surface area contributed by atoms with Gasteiger partial charge in [-0.2, -0.15) is 10.4 Å². The van der Waals surface area contributed by atoms with Crippen molar-refractivity contribution in [2.75, 3.05) is 5.43 Å². The molecular weight excluding hydrogens is 375 g/mol. The number of halogens is 2. The van der Waals surface area contributed by atoms with Gasteiger partial charge >= 0.3 is 0 Å². The van der Waals surface area contributed by atoms with Gasteiger partial charge in [0.2, 0.25) is 0 Å². The van der Waals surface area contributed by atoms with Crippen LogP contribution < -0.4 is 5.43 Å². The van der Waals surface area contributed by atoms with Crippen LogP contribution in [0.25, 0.3) is 11.3 Å². The first-order valence-electron chi connectivity index (χ1n) is 7.28. The van der Waals surface area contributed by atoms with Gasteiger partial charge in [-0.1, -0.05) is 40.9 Å². The molecule has 0 atom stereocenters. The zero-order valence-electron chi connectivity index (χ0n) is 13.1. The molecule has 25 heavy (non-hydrogen) atoms. The summed E-state index contributed by atoms with van der Waals surface area (Å²) in [5.41, 5.74) is 6.48. The molecule has 0 radical (unpaired) electrons. The molecule has 0 fully saturated rings. The Labute approximate surface area is 159 Å². The first-order chi connectivity index (χ1) is 12.1. The third-order valence-corrected chi connectivity index (χ3v) is 4.76. The lowest BCUT2D eigenvalue weighted by atomic mass is 10.2. The molecule has 0 spiro atoms. The zero-order chi connectivity index (χ0) is 17.8. The lowest BCUT2D eigenvalue weighted by molar-refractivity contribution is 1.30. The molecular formula is C18H12Cl2N4S. The third kappa shape index (κ3) is 4.18. The minimum atomic E-state index is 0.210. The van der Waals surface area contributed by atoms with Crippen molar-refractivity contribution in [2.45, 2.75) is 6.92 Å². The van der Waals surface area contributed by atoms with Crippen molar-refractivity contribution in [1.82, 2.24) is 4.98 Å². The van der Waals surface area contributed by atoms with Crippen molar-refractivity contribution >= 4 is 45.9 Å². The Morgan fingerprint density at radius 1 is 1.20 bits per heavy atom. The molecule has 124 valence electrons. The van der Waals surface area contributed by atoms with Gasteiger partial charge in [-0.15, -0.1) is 11.3 Å². The average Bonchev–Trinajstić information content (AvgIpc) is 3.06. The summed E-state index contributed by atoms with van der Waals surface area (Å²) in [5, 5.41) is 17.0. The van der Waals surface area contributed by atoms with E-state index in [1.807, 2.05) is 36.6 Å². The van der Waals surface area contributed by atoms with Gasteiger partial charge in [0.05, 0.1) is 16.4 Å². The largest absolute Gasteiger partial charge is 0.277 e. The number of anilines is 1. The number of hydrogen-bond donors (Lipinski definition) is 1. The van der Waals surface area contributed by atoms with Crippen molar-refractivity contribution in [2.24, 2.45) is 5.10 Å². The summed E-state index contributed by atoms with van der Waals surface area (Å²) < 4.78 is 0. The van der Waals surface area contributed by atoms with Crippen molar-refractivity contribution in [1.29, 1.82) is 5.26 Å². The van der Waals surface area contributed by atoms with E-state index in [4.69, 9.17) is 23.2 Å². The highest BCUT2D eigenvalue weighted by molar-refractivity contribution is 7.12. The predicted molar refractivity (Wildman–Crippen MR) is 105 cm³/mol. The number of nitriles is 1. The fourth-order valence-corrected chi connectivity index (χ4v) is 3.33. The van der Waals surface area contributed by atoms with E-state index in [0.29, 0.717) is 20.7 Å². The quantitative estimate of drug-likeness (QED) is 0.457. The molecule has 7 heteroatoms. The Morgan fingerprint density at radius 3 is 2.64 bits per heavy atom. The highest BCUT2D eigenvalue weighted by Gasteiger charge is 2.12. The molecule has 0 bridgehead atoms. The van der Waals surface area contributed by atoms with Crippen molar-refractivity contribution in [3.05, 3.63) is 68.5 Å². The maximum absolute atomic E-state index is 9.37. The predicted octanol–water partition coefficient (Wildman–Crippen LogP) is 5.77. The van der Waals surface area contributed by atoms with Crippen molar-refractivity contribution < 1.29 is 0 Å². The van der Waals surface area contributed by atoms with E-state index < -0.39 is 0 Å². The van der Waals surface area contributed by atoms with E-state index in [-0.39, 0.29) is 5.71 Å². The number of nitrogens with zero attached hydrogens (tertiary/aromatic N) is 3. The van der Waals surface area contributed by atoms with Crippen LogP contribution in [0, 0.1) is 18.3 Å². The number of rotatable bonds is 4. The van der Waals surface area contributed by atoms with Crippen molar-refractivity contribution in [3.8, 4) is 17.3 Å². The first kappa shape index (κ1) is 17.4. The molecule has 0 aliphatic heterocycles. The molecule has 0 saturated carbocycles. The number of nitrogens with one attached hydrogen (secondary N) is 1. The smallest absolute Gasteiger partial charge is 0.196 e. The molecule has 0 amide bonds. The summed E-state index contributed by atoms with van der Waals surface area (Å²) in [6, 6.07) is 15.0. The Bertz CT molecular complexity index is 971. The molecule has 1 N–H and O–H groups in total. The minimum absolute atomic E-state index is 0.210. The Hall–Kier alpha value is -2.39. The molecule has 3 aromatic rings. The van der Waals surface area contributed by atoms with Gasteiger partial charge < -0.3 is 0 Å². The average molecular weight is 387 g/mol. The number of hydrazone groups is 1. The molecule has 0 aliphatic rings. The van der Waals surface area contributed by atoms with Gasteiger partial charge in [-0.05, 0) is 37.3 Å². The van der Waals surface area contributed by atoms with Gasteiger partial charge in [-0.25, -0.2) is 4.98 Å². The maximum Gasteiger partial charge on any atom is 0.196 e. The number of hydrogen-bond acceptors (Lipinski definition) is 5. The minimum Gasteiger partial charge on any atom is -0.277 e. The second-order valence-electron chi connectivity index (χ2n) is 5.21. The van der Waals surface area contributed by atoms with Crippen LogP contribution in [0.2, 0.25) is 10.0 Å². The van der Waals surface area contributed by atoms with E-state index in [9.17, 15) is 5.26 Å². The summed E-state index contributed by atoms with van der Waals surface area (Å²) in [4.78, 5) is 4.47. The summed E-state index contributed by atoms with van der Waals surface area (Å²) in [6.45, 7) is 2.01. The monoisotopic (exact) mass is 386 g/mol. The van der Waals surface area contributed by atoms with Gasteiger partial charge in [-0.3, -0.25) is 5.43 Å². The van der Waals surface area contributed by atoms with E-state index >= 15 is 0 Å². The second kappa shape index (κ2) is 7.66. The van der Waals surface area contributed by atoms with Crippen molar-refractivity contribution in [3.63, 3.8) is 0 Å². The normalized spacial score (nSPS) is 11.2. The molecule has 3 rings (SSSR count). The number of aromatic nitrogens is 1. The standard InChI is InChI=1S/C18H12Cl2N4S/c1-11-2-5-13(6-3-11)23-24-16(9-21)18-22-17(10-25-18)14-7-4-12(19)8-15(14)20/h2-8,10,23H,1H3. The van der Waals surface area contributed by atoms with E-state index in [2.05, 4.69) is 21.6 Å². The maximum atomic E-state index is 9.37. The van der Waals surface area contributed by atoms with Crippen LogP contribution in [-0.2, 0) is 0 Å². The summed E-state index contributed by atoms with van der Waals surface area (Å²) in [5.74, 6) is 0. The topological polar surface area (TPSA) is 61.1 Å².